The number of nitrogens with two attached hydrogens (primary N) is 1. The molecule has 1 atom stereocenters. The second kappa shape index (κ2) is 3.20. The topological polar surface area (TPSA) is 35.2 Å². The fourth-order valence-corrected chi connectivity index (χ4v) is 2.29. The summed E-state index contributed by atoms with van der Waals surface area (Å²) in [5, 5.41) is 0. The summed E-state index contributed by atoms with van der Waals surface area (Å²) in [4.78, 5) is 0. The Labute approximate surface area is 95.6 Å². The van der Waals surface area contributed by atoms with E-state index in [1.54, 1.807) is 20.1 Å². The normalized spacial score (nSPS) is 26.6. The number of aryl methyl sites for hydroxylation is 1. The lowest BCUT2D eigenvalue weighted by Crippen LogP contribution is -2.26. The molecule has 2 N–H and O–H groups in total. The van der Waals surface area contributed by atoms with Crippen LogP contribution in [0.1, 0.15) is 31.4 Å². The van der Waals surface area contributed by atoms with Gasteiger partial charge in [0.25, 0.3) is 0 Å². The maximum atomic E-state index is 13.6. The van der Waals surface area contributed by atoms with Gasteiger partial charge in [-0.05, 0) is 36.5 Å². The highest BCUT2D eigenvalue weighted by atomic mass is 19.1. The minimum Gasteiger partial charge on any atom is -0.496 e. The van der Waals surface area contributed by atoms with Gasteiger partial charge in [-0.25, -0.2) is 4.39 Å². The van der Waals surface area contributed by atoms with Crippen molar-refractivity contribution in [2.24, 2.45) is 11.1 Å². The molecule has 0 saturated heterocycles. The Kier molecular flexibility index (Phi) is 2.28. The van der Waals surface area contributed by atoms with Crippen LogP contribution in [0.15, 0.2) is 12.1 Å². The number of methoxy groups -OCH3 is 1. The van der Waals surface area contributed by atoms with Crippen LogP contribution in [0, 0.1) is 18.2 Å². The molecule has 0 aliphatic heterocycles. The number of benzene rings is 1. The molecule has 0 aromatic heterocycles. The van der Waals surface area contributed by atoms with Crippen molar-refractivity contribution in [3.8, 4) is 5.75 Å². The van der Waals surface area contributed by atoms with Gasteiger partial charge in [0, 0.05) is 5.56 Å². The molecule has 1 aliphatic rings. The molecule has 16 heavy (non-hydrogen) atoms. The van der Waals surface area contributed by atoms with Crippen molar-refractivity contribution >= 4 is 0 Å². The molecule has 1 saturated carbocycles. The molecule has 1 aliphatic carbocycles. The summed E-state index contributed by atoms with van der Waals surface area (Å²) in [5.74, 6) is 0.468. The van der Waals surface area contributed by atoms with Gasteiger partial charge in [0.15, 0.2) is 0 Å². The van der Waals surface area contributed by atoms with Gasteiger partial charge in [-0.3, -0.25) is 0 Å². The van der Waals surface area contributed by atoms with Crippen LogP contribution >= 0.6 is 0 Å². The van der Waals surface area contributed by atoms with Crippen molar-refractivity contribution < 1.29 is 9.13 Å². The van der Waals surface area contributed by atoms with E-state index in [0.29, 0.717) is 11.3 Å². The number of ether oxygens (including phenoxy) is 1. The lowest BCUT2D eigenvalue weighted by atomic mass is 9.95. The van der Waals surface area contributed by atoms with Crippen LogP contribution in [-0.4, -0.2) is 7.11 Å². The molecule has 1 unspecified atom stereocenters. The summed E-state index contributed by atoms with van der Waals surface area (Å²) >= 11 is 0. The molecule has 0 bridgehead atoms. The van der Waals surface area contributed by atoms with Gasteiger partial charge in [0.1, 0.15) is 11.6 Å². The Balaban J connectivity index is 2.53. The molecule has 3 heteroatoms. The Bertz CT molecular complexity index is 442. The van der Waals surface area contributed by atoms with Crippen LogP contribution in [0.4, 0.5) is 4.39 Å². The predicted octanol–water partition coefficient (Wildman–Crippen LogP) is 2.73. The second-order valence-electron chi connectivity index (χ2n) is 5.33. The standard InChI is InChI=1S/C13H18FNO/c1-8-5-11(16-4)9(6-10(8)14)13(15)7-12(13,2)3/h5-6H,7,15H2,1-4H3. The molecule has 2 nitrogen and oxygen atoms in total. The summed E-state index contributed by atoms with van der Waals surface area (Å²) < 4.78 is 18.9. The van der Waals surface area contributed by atoms with Gasteiger partial charge in [0.2, 0.25) is 0 Å². The van der Waals surface area contributed by atoms with Crippen LogP contribution in [0.3, 0.4) is 0 Å². The highest BCUT2D eigenvalue weighted by Crippen LogP contribution is 2.62. The smallest absolute Gasteiger partial charge is 0.126 e. The third-order valence-corrected chi connectivity index (χ3v) is 3.76. The summed E-state index contributed by atoms with van der Waals surface area (Å²) in [6, 6.07) is 3.23. The van der Waals surface area contributed by atoms with Crippen molar-refractivity contribution in [1.82, 2.24) is 0 Å². The SMILES string of the molecule is COc1cc(C)c(F)cc1C1(N)CC1(C)C. The molecular formula is C13H18FNO. The number of rotatable bonds is 2. The van der Waals surface area contributed by atoms with Gasteiger partial charge < -0.3 is 10.5 Å². The molecule has 1 aromatic rings. The van der Waals surface area contributed by atoms with Gasteiger partial charge in [0.05, 0.1) is 12.6 Å². The molecule has 0 radical (unpaired) electrons. The first-order valence-electron chi connectivity index (χ1n) is 5.45. The third-order valence-electron chi connectivity index (χ3n) is 3.76. The summed E-state index contributed by atoms with van der Waals surface area (Å²) in [6.45, 7) is 5.90. The van der Waals surface area contributed by atoms with Gasteiger partial charge >= 0.3 is 0 Å². The Hall–Kier alpha value is -1.09. The largest absolute Gasteiger partial charge is 0.496 e. The fourth-order valence-electron chi connectivity index (χ4n) is 2.29. The first-order valence-corrected chi connectivity index (χ1v) is 5.45. The van der Waals surface area contributed by atoms with Crippen LogP contribution in [0.5, 0.6) is 5.75 Å². The van der Waals surface area contributed by atoms with E-state index in [-0.39, 0.29) is 11.2 Å². The van der Waals surface area contributed by atoms with Crippen molar-refractivity contribution in [3.63, 3.8) is 0 Å². The molecule has 1 fully saturated rings. The number of hydrogen-bond donors (Lipinski definition) is 1. The highest BCUT2D eigenvalue weighted by Gasteiger charge is 2.60. The molecule has 0 amide bonds. The van der Waals surface area contributed by atoms with E-state index in [1.165, 1.54) is 6.07 Å². The van der Waals surface area contributed by atoms with Crippen molar-refractivity contribution in [3.05, 3.63) is 29.1 Å². The number of hydrogen-bond acceptors (Lipinski definition) is 2. The molecule has 88 valence electrons. The first-order chi connectivity index (χ1) is 7.32. The average Bonchev–Trinajstić information content (AvgIpc) is 2.71. The van der Waals surface area contributed by atoms with Crippen LogP contribution in [0.2, 0.25) is 0 Å². The Morgan fingerprint density at radius 1 is 1.38 bits per heavy atom. The summed E-state index contributed by atoms with van der Waals surface area (Å²) in [7, 11) is 1.59. The third kappa shape index (κ3) is 1.42. The average molecular weight is 223 g/mol. The van der Waals surface area contributed by atoms with E-state index in [1.807, 2.05) is 0 Å². The van der Waals surface area contributed by atoms with Crippen LogP contribution in [0.25, 0.3) is 0 Å². The van der Waals surface area contributed by atoms with E-state index in [9.17, 15) is 4.39 Å². The summed E-state index contributed by atoms with van der Waals surface area (Å²) in [6.07, 6.45) is 0.860. The zero-order chi connectivity index (χ0) is 12.1. The van der Waals surface area contributed by atoms with E-state index < -0.39 is 5.54 Å². The zero-order valence-electron chi connectivity index (χ0n) is 10.2. The molecule has 0 spiro atoms. The monoisotopic (exact) mass is 223 g/mol. The van der Waals surface area contributed by atoms with Gasteiger partial charge in [-0.15, -0.1) is 0 Å². The lowest BCUT2D eigenvalue weighted by molar-refractivity contribution is 0.393. The Morgan fingerprint density at radius 3 is 2.38 bits per heavy atom. The van der Waals surface area contributed by atoms with Crippen LogP contribution in [-0.2, 0) is 5.54 Å². The maximum absolute atomic E-state index is 13.6. The number of halogens is 1. The Morgan fingerprint density at radius 2 is 1.94 bits per heavy atom. The zero-order valence-corrected chi connectivity index (χ0v) is 10.2. The molecule has 2 rings (SSSR count). The minimum atomic E-state index is -0.452. The van der Waals surface area contributed by atoms with Crippen molar-refractivity contribution in [1.29, 1.82) is 0 Å². The molecule has 0 heterocycles. The lowest BCUT2D eigenvalue weighted by Gasteiger charge is -2.19. The van der Waals surface area contributed by atoms with E-state index >= 15 is 0 Å². The van der Waals surface area contributed by atoms with Crippen molar-refractivity contribution in [2.45, 2.75) is 32.7 Å². The maximum Gasteiger partial charge on any atom is 0.126 e. The first kappa shape index (κ1) is 11.4. The van der Waals surface area contributed by atoms with E-state index in [2.05, 4.69) is 13.8 Å². The van der Waals surface area contributed by atoms with Crippen molar-refractivity contribution in [2.75, 3.05) is 7.11 Å². The molecular weight excluding hydrogens is 205 g/mol. The highest BCUT2D eigenvalue weighted by molar-refractivity contribution is 5.47. The quantitative estimate of drug-likeness (QED) is 0.836. The fraction of sp³-hybridized carbons (Fsp3) is 0.538. The van der Waals surface area contributed by atoms with E-state index in [0.717, 1.165) is 12.0 Å². The molecule has 1 aromatic carbocycles. The van der Waals surface area contributed by atoms with Gasteiger partial charge in [-0.1, -0.05) is 13.8 Å². The summed E-state index contributed by atoms with van der Waals surface area (Å²) in [5.41, 5.74) is 7.23. The minimum absolute atomic E-state index is 0.0159. The predicted molar refractivity (Wildman–Crippen MR) is 62.0 cm³/mol. The second-order valence-corrected chi connectivity index (χ2v) is 5.33. The van der Waals surface area contributed by atoms with Crippen LogP contribution < -0.4 is 10.5 Å². The van der Waals surface area contributed by atoms with E-state index in [4.69, 9.17) is 10.5 Å². The van der Waals surface area contributed by atoms with Gasteiger partial charge in [-0.2, -0.15) is 0 Å².